The Bertz CT molecular complexity index is 811. The van der Waals surface area contributed by atoms with Crippen LogP contribution in [0.4, 0.5) is 0 Å². The molecule has 0 saturated heterocycles. The summed E-state index contributed by atoms with van der Waals surface area (Å²) in [5.41, 5.74) is 0.580. The molecule has 0 atom stereocenters. The van der Waals surface area contributed by atoms with Crippen molar-refractivity contribution in [2.24, 2.45) is 0 Å². The van der Waals surface area contributed by atoms with Gasteiger partial charge in [0.05, 0.1) is 10.5 Å². The Hall–Kier alpha value is -2.67. The summed E-state index contributed by atoms with van der Waals surface area (Å²) in [6, 6.07) is 14.3. The van der Waals surface area contributed by atoms with Crippen molar-refractivity contribution in [3.05, 3.63) is 65.7 Å². The molecule has 0 amide bonds. The third-order valence-corrected chi connectivity index (χ3v) is 4.62. The van der Waals surface area contributed by atoms with Crippen molar-refractivity contribution in [2.75, 3.05) is 5.75 Å². The number of rotatable bonds is 6. The molecule has 0 aliphatic heterocycles. The highest BCUT2D eigenvalue weighted by Gasteiger charge is 2.25. The Labute approximate surface area is 133 Å². The van der Waals surface area contributed by atoms with Gasteiger partial charge in [0.1, 0.15) is 6.61 Å². The van der Waals surface area contributed by atoms with E-state index in [-0.39, 0.29) is 17.1 Å². The van der Waals surface area contributed by atoms with Gasteiger partial charge in [-0.25, -0.2) is 13.2 Å². The molecule has 23 heavy (non-hydrogen) atoms. The third-order valence-electron chi connectivity index (χ3n) is 2.97. The van der Waals surface area contributed by atoms with Crippen molar-refractivity contribution >= 4 is 21.8 Å². The number of carbonyl (C=O) groups excluding carboxylic acids is 1. The van der Waals surface area contributed by atoms with Crippen LogP contribution in [0.5, 0.6) is 0 Å². The van der Waals surface area contributed by atoms with Crippen molar-refractivity contribution in [2.45, 2.75) is 11.5 Å². The van der Waals surface area contributed by atoms with E-state index in [1.807, 2.05) is 6.07 Å². The maximum absolute atomic E-state index is 12.1. The van der Waals surface area contributed by atoms with E-state index in [0.717, 1.165) is 5.56 Å². The molecular formula is C16H14O6S. The fraction of sp³-hybridized carbons (Fsp3) is 0.125. The van der Waals surface area contributed by atoms with Crippen LogP contribution in [-0.4, -0.2) is 31.2 Å². The van der Waals surface area contributed by atoms with Crippen molar-refractivity contribution < 1.29 is 27.9 Å². The second-order valence-electron chi connectivity index (χ2n) is 4.71. The van der Waals surface area contributed by atoms with E-state index < -0.39 is 27.5 Å². The molecule has 6 nitrogen and oxygen atoms in total. The number of hydrogen-bond acceptors (Lipinski definition) is 5. The van der Waals surface area contributed by atoms with Gasteiger partial charge in [-0.05, 0) is 17.7 Å². The number of esters is 1. The van der Waals surface area contributed by atoms with E-state index in [1.54, 1.807) is 24.3 Å². The first-order chi connectivity index (χ1) is 10.9. The SMILES string of the molecule is O=C(O)CS(=O)(=O)c1ccccc1C(=O)OCc1ccccc1. The number of carboxylic acids is 1. The zero-order chi connectivity index (χ0) is 16.9. The first-order valence-corrected chi connectivity index (χ1v) is 8.30. The number of hydrogen-bond donors (Lipinski definition) is 1. The summed E-state index contributed by atoms with van der Waals surface area (Å²) in [5, 5.41) is 8.70. The minimum atomic E-state index is -4.12. The van der Waals surface area contributed by atoms with Crippen molar-refractivity contribution in [3.8, 4) is 0 Å². The average Bonchev–Trinajstić information content (AvgIpc) is 2.52. The number of sulfone groups is 1. The van der Waals surface area contributed by atoms with Gasteiger partial charge >= 0.3 is 11.9 Å². The van der Waals surface area contributed by atoms with Gasteiger partial charge in [-0.2, -0.15) is 0 Å². The van der Waals surface area contributed by atoms with Crippen molar-refractivity contribution in [3.63, 3.8) is 0 Å². The van der Waals surface area contributed by atoms with Gasteiger partial charge in [-0.15, -0.1) is 0 Å². The highest BCUT2D eigenvalue weighted by molar-refractivity contribution is 7.92. The molecular weight excluding hydrogens is 320 g/mol. The molecule has 2 rings (SSSR count). The van der Waals surface area contributed by atoms with Crippen LogP contribution in [-0.2, 0) is 26.0 Å². The lowest BCUT2D eigenvalue weighted by Gasteiger charge is -2.09. The number of carbonyl (C=O) groups is 2. The Balaban J connectivity index is 2.23. The predicted molar refractivity (Wildman–Crippen MR) is 81.7 cm³/mol. The molecule has 7 heteroatoms. The molecule has 0 spiro atoms. The lowest BCUT2D eigenvalue weighted by atomic mass is 10.2. The average molecular weight is 334 g/mol. The largest absolute Gasteiger partial charge is 0.480 e. The van der Waals surface area contributed by atoms with Crippen LogP contribution >= 0.6 is 0 Å². The maximum atomic E-state index is 12.1. The Kier molecular flexibility index (Phi) is 5.13. The van der Waals surface area contributed by atoms with Crippen LogP contribution in [0.1, 0.15) is 15.9 Å². The Morgan fingerprint density at radius 1 is 0.957 bits per heavy atom. The summed E-state index contributed by atoms with van der Waals surface area (Å²) in [6.45, 7) is -0.00696. The molecule has 2 aromatic carbocycles. The predicted octanol–water partition coefficient (Wildman–Crippen LogP) is 1.90. The normalized spacial score (nSPS) is 11.0. The van der Waals surface area contributed by atoms with Gasteiger partial charge < -0.3 is 9.84 Å². The van der Waals surface area contributed by atoms with Gasteiger partial charge in [0, 0.05) is 0 Å². The second kappa shape index (κ2) is 7.06. The second-order valence-corrected chi connectivity index (χ2v) is 6.67. The molecule has 0 saturated carbocycles. The summed E-state index contributed by atoms with van der Waals surface area (Å²) >= 11 is 0. The van der Waals surface area contributed by atoms with Crippen molar-refractivity contribution in [1.29, 1.82) is 0 Å². The van der Waals surface area contributed by atoms with E-state index in [9.17, 15) is 18.0 Å². The third kappa shape index (κ3) is 4.40. The van der Waals surface area contributed by atoms with Gasteiger partial charge in [0.25, 0.3) is 0 Å². The number of aliphatic carboxylic acids is 1. The minimum Gasteiger partial charge on any atom is -0.480 e. The molecule has 0 aromatic heterocycles. The standard InChI is InChI=1S/C16H14O6S/c17-15(18)11-23(20,21)14-9-5-4-8-13(14)16(19)22-10-12-6-2-1-3-7-12/h1-9H,10-11H2,(H,17,18). The van der Waals surface area contributed by atoms with Crippen LogP contribution in [0.25, 0.3) is 0 Å². The molecule has 0 bridgehead atoms. The topological polar surface area (TPSA) is 97.7 Å². The summed E-state index contributed by atoms with van der Waals surface area (Å²) < 4.78 is 29.2. The van der Waals surface area contributed by atoms with Gasteiger partial charge in [-0.3, -0.25) is 4.79 Å². The summed E-state index contributed by atoms with van der Waals surface area (Å²) in [6.07, 6.45) is 0. The smallest absolute Gasteiger partial charge is 0.339 e. The molecule has 1 N–H and O–H groups in total. The summed E-state index contributed by atoms with van der Waals surface area (Å²) in [4.78, 5) is 22.5. The number of benzene rings is 2. The van der Waals surface area contributed by atoms with E-state index in [4.69, 9.17) is 9.84 Å². The summed E-state index contributed by atoms with van der Waals surface area (Å²) in [5.74, 6) is -3.40. The molecule has 0 radical (unpaired) electrons. The molecule has 0 aliphatic carbocycles. The van der Waals surface area contributed by atoms with Crippen LogP contribution in [0.2, 0.25) is 0 Å². The molecule has 0 unspecified atom stereocenters. The highest BCUT2D eigenvalue weighted by Crippen LogP contribution is 2.18. The fourth-order valence-corrected chi connectivity index (χ4v) is 3.20. The lowest BCUT2D eigenvalue weighted by Crippen LogP contribution is -2.19. The van der Waals surface area contributed by atoms with E-state index in [0.29, 0.717) is 0 Å². The first-order valence-electron chi connectivity index (χ1n) is 6.65. The first kappa shape index (κ1) is 16.7. The van der Waals surface area contributed by atoms with Crippen LogP contribution < -0.4 is 0 Å². The highest BCUT2D eigenvalue weighted by atomic mass is 32.2. The molecule has 2 aromatic rings. The minimum absolute atomic E-state index is 0.00696. The zero-order valence-corrected chi connectivity index (χ0v) is 12.8. The molecule has 0 aliphatic rings. The fourth-order valence-electron chi connectivity index (χ4n) is 1.95. The lowest BCUT2D eigenvalue weighted by molar-refractivity contribution is -0.134. The molecule has 0 fully saturated rings. The summed E-state index contributed by atoms with van der Waals surface area (Å²) in [7, 11) is -4.12. The van der Waals surface area contributed by atoms with Gasteiger partial charge in [-0.1, -0.05) is 42.5 Å². The van der Waals surface area contributed by atoms with Gasteiger partial charge in [0.15, 0.2) is 15.6 Å². The number of ether oxygens (including phenoxy) is 1. The van der Waals surface area contributed by atoms with Crippen molar-refractivity contribution in [1.82, 2.24) is 0 Å². The molecule has 0 heterocycles. The van der Waals surface area contributed by atoms with Crippen LogP contribution in [0.15, 0.2) is 59.5 Å². The molecule has 120 valence electrons. The van der Waals surface area contributed by atoms with E-state index in [2.05, 4.69) is 0 Å². The van der Waals surface area contributed by atoms with E-state index >= 15 is 0 Å². The Morgan fingerprint density at radius 2 is 1.57 bits per heavy atom. The maximum Gasteiger partial charge on any atom is 0.339 e. The number of carboxylic acid groups (broad SMARTS) is 1. The van der Waals surface area contributed by atoms with Crippen LogP contribution in [0.3, 0.4) is 0 Å². The van der Waals surface area contributed by atoms with E-state index in [1.165, 1.54) is 24.3 Å². The quantitative estimate of drug-likeness (QED) is 0.810. The van der Waals surface area contributed by atoms with Gasteiger partial charge in [0.2, 0.25) is 0 Å². The monoisotopic (exact) mass is 334 g/mol. The zero-order valence-electron chi connectivity index (χ0n) is 12.0. The van der Waals surface area contributed by atoms with Crippen LogP contribution in [0, 0.1) is 0 Å². The Morgan fingerprint density at radius 3 is 2.22 bits per heavy atom.